The summed E-state index contributed by atoms with van der Waals surface area (Å²) in [4.78, 5) is 9.93. The van der Waals surface area contributed by atoms with Crippen LogP contribution in [0.5, 0.6) is 0 Å². The lowest BCUT2D eigenvalue weighted by molar-refractivity contribution is -0.121. The van der Waals surface area contributed by atoms with Gasteiger partial charge in [0.1, 0.15) is 0 Å². The minimum Gasteiger partial charge on any atom is -0.267 e. The third-order valence-electron chi connectivity index (χ3n) is 0.473. The van der Waals surface area contributed by atoms with E-state index in [0.29, 0.717) is 0 Å². The smallest absolute Gasteiger partial charge is 0.267 e. The van der Waals surface area contributed by atoms with Crippen LogP contribution in [0.3, 0.4) is 0 Å². The molecule has 0 aromatic rings. The maximum Gasteiger partial charge on any atom is 0.273 e. The number of carbonyl (C=O) groups excluding carboxylic acids is 1. The van der Waals surface area contributed by atoms with E-state index in [1.165, 1.54) is 6.92 Å². The number of halogens is 1. The first-order chi connectivity index (χ1) is 3.18. The van der Waals surface area contributed by atoms with Crippen LogP contribution in [0.25, 0.3) is 0 Å². The van der Waals surface area contributed by atoms with Crippen LogP contribution >= 0.6 is 0 Å². The largest absolute Gasteiger partial charge is 0.273 e. The van der Waals surface area contributed by atoms with Crippen molar-refractivity contribution in [1.82, 2.24) is 5.54 Å². The van der Waals surface area contributed by atoms with Crippen molar-refractivity contribution in [2.45, 2.75) is 6.92 Å². The molecule has 0 aromatic carbocycles. The molecule has 7 heavy (non-hydrogen) atoms. The van der Waals surface area contributed by atoms with Gasteiger partial charge in [-0.05, 0) is 6.92 Å². The van der Waals surface area contributed by atoms with Crippen LogP contribution in [0.4, 0.5) is 4.48 Å². The summed E-state index contributed by atoms with van der Waals surface area (Å²) in [6, 6.07) is 0. The highest BCUT2D eigenvalue weighted by molar-refractivity contribution is 5.91. The zero-order valence-electron chi connectivity index (χ0n) is 3.99. The van der Waals surface area contributed by atoms with Crippen LogP contribution < -0.4 is 5.54 Å². The summed E-state index contributed by atoms with van der Waals surface area (Å²) in [7, 11) is 0. The molecule has 0 rings (SSSR count). The monoisotopic (exact) mass is 103 g/mol. The van der Waals surface area contributed by atoms with Gasteiger partial charge < -0.3 is 0 Å². The fourth-order valence-corrected chi connectivity index (χ4v) is 0.0807. The van der Waals surface area contributed by atoms with Crippen molar-refractivity contribution >= 4 is 5.91 Å². The van der Waals surface area contributed by atoms with E-state index in [1.54, 1.807) is 0 Å². The van der Waals surface area contributed by atoms with E-state index in [0.717, 1.165) is 5.54 Å². The number of hydrogen-bond donors (Lipinski definition) is 1. The summed E-state index contributed by atoms with van der Waals surface area (Å²) in [5.74, 6) is -0.764. The molecular formula is C4H6FNO. The Morgan fingerprint density at radius 2 is 2.29 bits per heavy atom. The van der Waals surface area contributed by atoms with Gasteiger partial charge in [-0.1, -0.05) is 11.1 Å². The molecule has 0 heterocycles. The Bertz CT molecular complexity index is 99.9. The molecule has 0 aromatic heterocycles. The Morgan fingerprint density at radius 1 is 1.86 bits per heavy atom. The molecule has 0 bridgehead atoms. The molecule has 0 saturated heterocycles. The topological polar surface area (TPSA) is 29.1 Å². The van der Waals surface area contributed by atoms with Crippen LogP contribution in [-0.2, 0) is 4.79 Å². The predicted molar refractivity (Wildman–Crippen MR) is 24.1 cm³/mol. The highest BCUT2D eigenvalue weighted by Gasteiger charge is 1.95. The van der Waals surface area contributed by atoms with E-state index in [4.69, 9.17) is 0 Å². The Kier molecular flexibility index (Phi) is 2.05. The lowest BCUT2D eigenvalue weighted by atomic mass is 10.3. The Hall–Kier alpha value is -0.860. The molecule has 0 saturated carbocycles. The highest BCUT2D eigenvalue weighted by atomic mass is 19.2. The van der Waals surface area contributed by atoms with E-state index in [-0.39, 0.29) is 5.57 Å². The minimum absolute atomic E-state index is 0.169. The van der Waals surface area contributed by atoms with E-state index in [1.807, 2.05) is 0 Å². The van der Waals surface area contributed by atoms with Gasteiger partial charge in [0.2, 0.25) is 0 Å². The van der Waals surface area contributed by atoms with Crippen molar-refractivity contribution in [2.24, 2.45) is 0 Å². The van der Waals surface area contributed by atoms with Crippen molar-refractivity contribution < 1.29 is 9.28 Å². The predicted octanol–water partition coefficient (Wildman–Crippen LogP) is 0.563. The quantitative estimate of drug-likeness (QED) is 0.381. The van der Waals surface area contributed by atoms with Crippen LogP contribution in [0.1, 0.15) is 6.92 Å². The van der Waals surface area contributed by atoms with Crippen molar-refractivity contribution in [2.75, 3.05) is 0 Å². The molecule has 0 radical (unpaired) electrons. The van der Waals surface area contributed by atoms with Gasteiger partial charge >= 0.3 is 0 Å². The second kappa shape index (κ2) is 2.34. The highest BCUT2D eigenvalue weighted by Crippen LogP contribution is 1.82. The van der Waals surface area contributed by atoms with E-state index in [9.17, 15) is 9.28 Å². The molecule has 0 aliphatic carbocycles. The van der Waals surface area contributed by atoms with Crippen LogP contribution in [0, 0.1) is 0 Å². The zero-order chi connectivity index (χ0) is 5.86. The lowest BCUT2D eigenvalue weighted by Gasteiger charge is -1.87. The van der Waals surface area contributed by atoms with Gasteiger partial charge in [-0.3, -0.25) is 4.79 Å². The van der Waals surface area contributed by atoms with Crippen LogP contribution in [0.2, 0.25) is 0 Å². The summed E-state index contributed by atoms with van der Waals surface area (Å²) in [6.45, 7) is 4.60. The molecule has 0 unspecified atom stereocenters. The van der Waals surface area contributed by atoms with Gasteiger partial charge in [0.15, 0.2) is 0 Å². The van der Waals surface area contributed by atoms with Crippen molar-refractivity contribution in [1.29, 1.82) is 0 Å². The van der Waals surface area contributed by atoms with Gasteiger partial charge in [0, 0.05) is 5.57 Å². The molecule has 1 N–H and O–H groups in total. The zero-order valence-corrected chi connectivity index (χ0v) is 3.99. The normalized spacial score (nSPS) is 7.71. The van der Waals surface area contributed by atoms with Crippen molar-refractivity contribution in [3.05, 3.63) is 12.2 Å². The lowest BCUT2D eigenvalue weighted by Crippen LogP contribution is -2.12. The molecule has 0 fully saturated rings. The average molecular weight is 103 g/mol. The van der Waals surface area contributed by atoms with Crippen LogP contribution in [-0.4, -0.2) is 5.91 Å². The van der Waals surface area contributed by atoms with Crippen molar-refractivity contribution in [3.8, 4) is 0 Å². The molecule has 2 nitrogen and oxygen atoms in total. The fourth-order valence-electron chi connectivity index (χ4n) is 0.0807. The molecule has 0 atom stereocenters. The van der Waals surface area contributed by atoms with Gasteiger partial charge in [0.25, 0.3) is 5.91 Å². The first kappa shape index (κ1) is 6.14. The van der Waals surface area contributed by atoms with Gasteiger partial charge in [0.05, 0.1) is 0 Å². The average Bonchev–Trinajstić information content (AvgIpc) is 1.65. The Balaban J connectivity index is 3.58. The molecular weight excluding hydrogens is 97.0 g/mol. The second-order valence-electron chi connectivity index (χ2n) is 1.20. The van der Waals surface area contributed by atoms with Crippen molar-refractivity contribution in [3.63, 3.8) is 0 Å². The van der Waals surface area contributed by atoms with Gasteiger partial charge in [-0.15, -0.1) is 0 Å². The summed E-state index contributed by atoms with van der Waals surface area (Å²) < 4.78 is 11.0. The summed E-state index contributed by atoms with van der Waals surface area (Å²) in [5.41, 5.74) is 1.09. The molecule has 40 valence electrons. The van der Waals surface area contributed by atoms with Gasteiger partial charge in [-0.25, -0.2) is 0 Å². The third kappa shape index (κ3) is 1.92. The number of hydrogen-bond acceptors (Lipinski definition) is 1. The molecule has 0 spiro atoms. The minimum atomic E-state index is -0.764. The fraction of sp³-hybridized carbons (Fsp3) is 0.250. The number of rotatable bonds is 1. The van der Waals surface area contributed by atoms with Crippen LogP contribution in [0.15, 0.2) is 12.2 Å². The number of carbonyl (C=O) groups is 1. The van der Waals surface area contributed by atoms with E-state index >= 15 is 0 Å². The third-order valence-corrected chi connectivity index (χ3v) is 0.473. The molecule has 1 amide bonds. The Morgan fingerprint density at radius 3 is 2.29 bits per heavy atom. The summed E-state index contributed by atoms with van der Waals surface area (Å²) in [5, 5.41) is 0. The maximum absolute atomic E-state index is 11.0. The SMILES string of the molecule is C=C(C)C(=O)NF. The Labute approximate surface area is 41.0 Å². The molecule has 3 heteroatoms. The number of nitrogens with one attached hydrogen (secondary N) is 1. The maximum atomic E-state index is 11.0. The first-order valence-corrected chi connectivity index (χ1v) is 1.75. The van der Waals surface area contributed by atoms with E-state index < -0.39 is 5.91 Å². The summed E-state index contributed by atoms with van der Waals surface area (Å²) in [6.07, 6.45) is 0. The van der Waals surface area contributed by atoms with E-state index in [2.05, 4.69) is 6.58 Å². The molecule has 0 aliphatic rings. The standard InChI is InChI=1S/C4H6FNO/c1-3(2)4(7)6-5/h1H2,2H3,(H,6,7). The molecule has 0 aliphatic heterocycles. The van der Waals surface area contributed by atoms with Gasteiger partial charge in [-0.2, -0.15) is 5.54 Å². The summed E-state index contributed by atoms with van der Waals surface area (Å²) >= 11 is 0. The first-order valence-electron chi connectivity index (χ1n) is 1.75. The second-order valence-corrected chi connectivity index (χ2v) is 1.20. The number of amides is 1.